The van der Waals surface area contributed by atoms with Gasteiger partial charge in [0.25, 0.3) is 5.91 Å². The zero-order chi connectivity index (χ0) is 23.0. The van der Waals surface area contributed by atoms with E-state index in [4.69, 9.17) is 5.10 Å². The summed E-state index contributed by atoms with van der Waals surface area (Å²) in [6, 6.07) is 13.5. The van der Waals surface area contributed by atoms with E-state index in [0.717, 1.165) is 22.5 Å². The Balaban J connectivity index is 1.69. The zero-order valence-corrected chi connectivity index (χ0v) is 19.2. The van der Waals surface area contributed by atoms with Crippen LogP contribution in [0.3, 0.4) is 0 Å². The van der Waals surface area contributed by atoms with Crippen molar-refractivity contribution < 1.29 is 4.79 Å². The van der Waals surface area contributed by atoms with E-state index in [1.165, 1.54) is 4.80 Å². The Labute approximate surface area is 187 Å². The third-order valence-electron chi connectivity index (χ3n) is 5.15. The standard InChI is InChI=1S/C24H27N7O/c1-15-10-11-18(16(2)13-15)31-27-17(3)22(29-31)23(32)26-21-14-19(24(4,5)6)28-30(21)20-9-7-8-12-25-20/h7-14H,1-6H3,(H,26,32). The minimum atomic E-state index is -0.351. The van der Waals surface area contributed by atoms with Crippen molar-refractivity contribution in [2.75, 3.05) is 5.32 Å². The van der Waals surface area contributed by atoms with Crippen molar-refractivity contribution in [1.29, 1.82) is 0 Å². The molecule has 3 aromatic heterocycles. The molecule has 0 bridgehead atoms. The molecule has 1 N–H and O–H groups in total. The molecule has 0 spiro atoms. The average Bonchev–Trinajstić information content (AvgIpc) is 3.32. The number of anilines is 1. The number of carbonyl (C=O) groups is 1. The van der Waals surface area contributed by atoms with Gasteiger partial charge >= 0.3 is 0 Å². The van der Waals surface area contributed by atoms with Crippen LogP contribution in [-0.2, 0) is 5.41 Å². The molecule has 0 radical (unpaired) electrons. The van der Waals surface area contributed by atoms with Gasteiger partial charge in [0.05, 0.1) is 17.1 Å². The average molecular weight is 430 g/mol. The highest BCUT2D eigenvalue weighted by molar-refractivity contribution is 6.03. The molecular weight excluding hydrogens is 402 g/mol. The number of aryl methyl sites for hydroxylation is 3. The summed E-state index contributed by atoms with van der Waals surface area (Å²) in [6.07, 6.45) is 1.69. The first-order valence-corrected chi connectivity index (χ1v) is 10.5. The van der Waals surface area contributed by atoms with E-state index >= 15 is 0 Å². The number of benzene rings is 1. The van der Waals surface area contributed by atoms with Crippen LogP contribution in [0.1, 0.15) is 53.8 Å². The number of amides is 1. The van der Waals surface area contributed by atoms with Gasteiger partial charge in [-0.15, -0.1) is 5.10 Å². The van der Waals surface area contributed by atoms with Gasteiger partial charge < -0.3 is 5.32 Å². The molecule has 3 heterocycles. The van der Waals surface area contributed by atoms with E-state index in [1.54, 1.807) is 17.8 Å². The number of pyridine rings is 1. The fourth-order valence-corrected chi connectivity index (χ4v) is 3.39. The molecule has 1 amide bonds. The van der Waals surface area contributed by atoms with Crippen molar-refractivity contribution in [1.82, 2.24) is 29.8 Å². The third kappa shape index (κ3) is 4.16. The Hall–Kier alpha value is -3.81. The maximum atomic E-state index is 13.2. The Morgan fingerprint density at radius 1 is 0.969 bits per heavy atom. The highest BCUT2D eigenvalue weighted by Crippen LogP contribution is 2.26. The van der Waals surface area contributed by atoms with Crippen molar-refractivity contribution >= 4 is 11.7 Å². The first-order chi connectivity index (χ1) is 15.1. The number of rotatable bonds is 4. The van der Waals surface area contributed by atoms with Gasteiger partial charge in [-0.2, -0.15) is 19.7 Å². The van der Waals surface area contributed by atoms with Crippen LogP contribution in [-0.4, -0.2) is 35.7 Å². The molecule has 4 rings (SSSR count). The molecule has 1 aromatic carbocycles. The summed E-state index contributed by atoms with van der Waals surface area (Å²) in [4.78, 5) is 19.1. The monoisotopic (exact) mass is 429 g/mol. The van der Waals surface area contributed by atoms with Gasteiger partial charge in [0, 0.05) is 17.7 Å². The number of nitrogens with zero attached hydrogens (tertiary/aromatic N) is 6. The second-order valence-electron chi connectivity index (χ2n) is 8.93. The van der Waals surface area contributed by atoms with Gasteiger partial charge in [0.1, 0.15) is 5.82 Å². The lowest BCUT2D eigenvalue weighted by Crippen LogP contribution is -2.17. The first-order valence-electron chi connectivity index (χ1n) is 10.5. The van der Waals surface area contributed by atoms with Gasteiger partial charge in [0.15, 0.2) is 11.5 Å². The quantitative estimate of drug-likeness (QED) is 0.522. The molecule has 32 heavy (non-hydrogen) atoms. The SMILES string of the molecule is Cc1ccc(-n2nc(C)c(C(=O)Nc3cc(C(C)(C)C)nn3-c3ccccn3)n2)c(C)c1. The highest BCUT2D eigenvalue weighted by atomic mass is 16.2. The van der Waals surface area contributed by atoms with E-state index in [1.807, 2.05) is 50.2 Å². The van der Waals surface area contributed by atoms with Crippen LogP contribution in [0.2, 0.25) is 0 Å². The molecule has 0 saturated carbocycles. The smallest absolute Gasteiger partial charge is 0.279 e. The van der Waals surface area contributed by atoms with Gasteiger partial charge in [-0.3, -0.25) is 4.79 Å². The summed E-state index contributed by atoms with van der Waals surface area (Å²) in [7, 11) is 0. The van der Waals surface area contributed by atoms with Crippen molar-refractivity contribution in [2.24, 2.45) is 0 Å². The number of hydrogen-bond donors (Lipinski definition) is 1. The fraction of sp³-hybridized carbons (Fsp3) is 0.292. The lowest BCUT2D eigenvalue weighted by Gasteiger charge is -2.13. The molecule has 0 saturated heterocycles. The fourth-order valence-electron chi connectivity index (χ4n) is 3.39. The number of hydrogen-bond acceptors (Lipinski definition) is 5. The van der Waals surface area contributed by atoms with Crippen LogP contribution in [0, 0.1) is 20.8 Å². The van der Waals surface area contributed by atoms with Gasteiger partial charge in [0.2, 0.25) is 0 Å². The van der Waals surface area contributed by atoms with E-state index in [9.17, 15) is 4.79 Å². The van der Waals surface area contributed by atoms with Gasteiger partial charge in [-0.25, -0.2) is 4.98 Å². The minimum absolute atomic E-state index is 0.193. The molecular formula is C24H27N7O. The summed E-state index contributed by atoms with van der Waals surface area (Å²) >= 11 is 0. The molecule has 8 heteroatoms. The van der Waals surface area contributed by atoms with Crippen LogP contribution in [0.15, 0.2) is 48.7 Å². The topological polar surface area (TPSA) is 90.5 Å². The van der Waals surface area contributed by atoms with Gasteiger partial charge in [-0.05, 0) is 44.5 Å². The highest BCUT2D eigenvalue weighted by Gasteiger charge is 2.24. The van der Waals surface area contributed by atoms with Gasteiger partial charge in [-0.1, -0.05) is 44.5 Å². The largest absolute Gasteiger partial charge is 0.305 e. The molecule has 164 valence electrons. The third-order valence-corrected chi connectivity index (χ3v) is 5.15. The second kappa shape index (κ2) is 8.03. The molecule has 0 aliphatic rings. The van der Waals surface area contributed by atoms with E-state index in [2.05, 4.69) is 47.3 Å². The van der Waals surface area contributed by atoms with Crippen LogP contribution in [0.5, 0.6) is 0 Å². The van der Waals surface area contributed by atoms with Crippen LogP contribution >= 0.6 is 0 Å². The van der Waals surface area contributed by atoms with Crippen LogP contribution in [0.4, 0.5) is 5.82 Å². The summed E-state index contributed by atoms with van der Waals surface area (Å²) < 4.78 is 1.64. The normalized spacial score (nSPS) is 11.6. The van der Waals surface area contributed by atoms with E-state index in [-0.39, 0.29) is 17.0 Å². The summed E-state index contributed by atoms with van der Waals surface area (Å²) in [5, 5.41) is 16.6. The van der Waals surface area contributed by atoms with Crippen molar-refractivity contribution in [3.63, 3.8) is 0 Å². The summed E-state index contributed by atoms with van der Waals surface area (Å²) in [5.74, 6) is 0.795. The Kier molecular flexibility index (Phi) is 5.38. The van der Waals surface area contributed by atoms with E-state index < -0.39 is 0 Å². The Morgan fingerprint density at radius 2 is 1.75 bits per heavy atom. The molecule has 0 unspecified atom stereocenters. The molecule has 8 nitrogen and oxygen atoms in total. The number of aromatic nitrogens is 6. The van der Waals surface area contributed by atoms with Crippen LogP contribution < -0.4 is 5.32 Å². The Bertz CT molecular complexity index is 1280. The van der Waals surface area contributed by atoms with Crippen molar-refractivity contribution in [3.05, 3.63) is 76.9 Å². The predicted octanol–water partition coefficient (Wildman–Crippen LogP) is 4.32. The van der Waals surface area contributed by atoms with Crippen molar-refractivity contribution in [2.45, 2.75) is 47.0 Å². The lowest BCUT2D eigenvalue weighted by atomic mass is 9.92. The number of nitrogens with one attached hydrogen (secondary N) is 1. The second-order valence-corrected chi connectivity index (χ2v) is 8.93. The summed E-state index contributed by atoms with van der Waals surface area (Å²) in [5.41, 5.74) is 4.49. The summed E-state index contributed by atoms with van der Waals surface area (Å²) in [6.45, 7) is 12.0. The zero-order valence-electron chi connectivity index (χ0n) is 19.2. The predicted molar refractivity (Wildman–Crippen MR) is 124 cm³/mol. The number of carbonyl (C=O) groups excluding carboxylic acids is 1. The molecule has 0 aliphatic carbocycles. The van der Waals surface area contributed by atoms with Crippen LogP contribution in [0.25, 0.3) is 11.5 Å². The minimum Gasteiger partial charge on any atom is -0.305 e. The maximum Gasteiger partial charge on any atom is 0.279 e. The molecule has 0 aliphatic heterocycles. The lowest BCUT2D eigenvalue weighted by molar-refractivity contribution is 0.102. The maximum absolute atomic E-state index is 13.2. The van der Waals surface area contributed by atoms with Crippen molar-refractivity contribution in [3.8, 4) is 11.5 Å². The molecule has 0 fully saturated rings. The molecule has 4 aromatic rings. The molecule has 0 atom stereocenters. The Morgan fingerprint density at radius 3 is 2.41 bits per heavy atom. The first kappa shape index (κ1) is 21.4. The van der Waals surface area contributed by atoms with E-state index in [0.29, 0.717) is 17.3 Å².